The van der Waals surface area contributed by atoms with Gasteiger partial charge in [0, 0.05) is 43.4 Å². The lowest BCUT2D eigenvalue weighted by Gasteiger charge is -2.25. The van der Waals surface area contributed by atoms with E-state index in [1.54, 1.807) is 26.4 Å². The highest BCUT2D eigenvalue weighted by atomic mass is 19.1. The van der Waals surface area contributed by atoms with Crippen LogP contribution in [0.15, 0.2) is 66.9 Å². The monoisotopic (exact) mass is 531 g/mol. The third kappa shape index (κ3) is 6.17. The van der Waals surface area contributed by atoms with Crippen molar-refractivity contribution in [3.63, 3.8) is 0 Å². The van der Waals surface area contributed by atoms with E-state index < -0.39 is 0 Å². The van der Waals surface area contributed by atoms with Crippen LogP contribution in [0.1, 0.15) is 36.6 Å². The van der Waals surface area contributed by atoms with Gasteiger partial charge in [0.05, 0.1) is 26.1 Å². The minimum absolute atomic E-state index is 0.244. The maximum absolute atomic E-state index is 13.6. The molecule has 0 unspecified atom stereocenters. The van der Waals surface area contributed by atoms with E-state index in [1.807, 2.05) is 36.5 Å². The van der Waals surface area contributed by atoms with Crippen molar-refractivity contribution in [2.24, 2.45) is 0 Å². The highest BCUT2D eigenvalue weighted by Crippen LogP contribution is 2.34. The van der Waals surface area contributed by atoms with Gasteiger partial charge in [0.25, 0.3) is 0 Å². The summed E-state index contributed by atoms with van der Waals surface area (Å²) in [6.07, 6.45) is 4.02. The first kappa shape index (κ1) is 26.6. The van der Waals surface area contributed by atoms with Crippen molar-refractivity contribution in [1.29, 1.82) is 0 Å². The average Bonchev–Trinajstić information content (AvgIpc) is 3.59. The fourth-order valence-electron chi connectivity index (χ4n) is 4.85. The molecule has 1 aliphatic heterocycles. The van der Waals surface area contributed by atoms with Gasteiger partial charge in [0.2, 0.25) is 6.79 Å². The standard InChI is InChI=1S/C31H34FN3O4/c1-4-5-14-35-26(17-33-31(35)23-7-10-25(32)11-8-23)20-34(18-22-6-13-28-30(15-22)39-21-38-28)19-24-9-12-27(36-2)16-29(24)37-3/h6-13,15-17H,4-5,14,18-21H2,1-3H3. The summed E-state index contributed by atoms with van der Waals surface area (Å²) in [5, 5.41) is 0. The summed E-state index contributed by atoms with van der Waals surface area (Å²) in [6.45, 7) is 5.23. The predicted molar refractivity (Wildman–Crippen MR) is 148 cm³/mol. The van der Waals surface area contributed by atoms with Gasteiger partial charge in [-0.25, -0.2) is 9.37 Å². The molecule has 0 fully saturated rings. The fourth-order valence-corrected chi connectivity index (χ4v) is 4.85. The molecule has 0 saturated heterocycles. The summed E-state index contributed by atoms with van der Waals surface area (Å²) < 4.78 is 38.1. The Morgan fingerprint density at radius 1 is 0.923 bits per heavy atom. The molecule has 0 N–H and O–H groups in total. The highest BCUT2D eigenvalue weighted by molar-refractivity contribution is 5.56. The summed E-state index contributed by atoms with van der Waals surface area (Å²) in [5.41, 5.74) is 4.16. The Balaban J connectivity index is 1.48. The first-order valence-electron chi connectivity index (χ1n) is 13.2. The maximum Gasteiger partial charge on any atom is 0.231 e. The van der Waals surface area contributed by atoms with Gasteiger partial charge in [0.1, 0.15) is 23.1 Å². The van der Waals surface area contributed by atoms with Crippen molar-refractivity contribution in [3.05, 3.63) is 89.5 Å². The van der Waals surface area contributed by atoms with Gasteiger partial charge in [-0.2, -0.15) is 0 Å². The van der Waals surface area contributed by atoms with Crippen LogP contribution in [0.2, 0.25) is 0 Å². The molecule has 0 bridgehead atoms. The van der Waals surface area contributed by atoms with Gasteiger partial charge in [-0.3, -0.25) is 4.90 Å². The van der Waals surface area contributed by atoms with Crippen LogP contribution >= 0.6 is 0 Å². The average molecular weight is 532 g/mol. The molecule has 0 aliphatic carbocycles. The molecule has 4 aromatic rings. The van der Waals surface area contributed by atoms with Gasteiger partial charge in [-0.15, -0.1) is 0 Å². The van der Waals surface area contributed by atoms with E-state index >= 15 is 0 Å². The molecule has 3 aromatic carbocycles. The quantitative estimate of drug-likeness (QED) is 0.210. The van der Waals surface area contributed by atoms with Crippen LogP contribution in [0.3, 0.4) is 0 Å². The maximum atomic E-state index is 13.6. The molecule has 1 aliphatic rings. The van der Waals surface area contributed by atoms with Crippen molar-refractivity contribution in [3.8, 4) is 34.4 Å². The number of hydrogen-bond acceptors (Lipinski definition) is 6. The molecule has 0 atom stereocenters. The van der Waals surface area contributed by atoms with Crippen LogP contribution in [0.5, 0.6) is 23.0 Å². The molecule has 204 valence electrons. The first-order valence-corrected chi connectivity index (χ1v) is 13.2. The Labute approximate surface area is 228 Å². The van der Waals surface area contributed by atoms with E-state index in [9.17, 15) is 4.39 Å². The number of imidazole rings is 1. The normalized spacial score (nSPS) is 12.2. The van der Waals surface area contributed by atoms with Gasteiger partial charge < -0.3 is 23.5 Å². The molecule has 5 rings (SSSR count). The number of benzene rings is 3. The lowest BCUT2D eigenvalue weighted by Crippen LogP contribution is -2.24. The van der Waals surface area contributed by atoms with Crippen LogP contribution in [-0.2, 0) is 26.2 Å². The van der Waals surface area contributed by atoms with Crippen molar-refractivity contribution in [2.75, 3.05) is 21.0 Å². The summed E-state index contributed by atoms with van der Waals surface area (Å²) in [6, 6.07) is 18.5. The summed E-state index contributed by atoms with van der Waals surface area (Å²) in [5.74, 6) is 3.65. The minimum atomic E-state index is -0.256. The number of methoxy groups -OCH3 is 2. The molecular weight excluding hydrogens is 497 g/mol. The molecule has 1 aromatic heterocycles. The zero-order valence-corrected chi connectivity index (χ0v) is 22.7. The van der Waals surface area contributed by atoms with Crippen molar-refractivity contribution >= 4 is 0 Å². The van der Waals surface area contributed by atoms with E-state index in [4.69, 9.17) is 23.9 Å². The van der Waals surface area contributed by atoms with Crippen LogP contribution in [0.4, 0.5) is 4.39 Å². The third-order valence-corrected chi connectivity index (χ3v) is 6.89. The van der Waals surface area contributed by atoms with Crippen LogP contribution in [0.25, 0.3) is 11.4 Å². The second-order valence-corrected chi connectivity index (χ2v) is 9.60. The van der Waals surface area contributed by atoms with E-state index in [1.165, 1.54) is 12.1 Å². The van der Waals surface area contributed by atoms with Crippen molar-refractivity contribution < 1.29 is 23.3 Å². The SMILES string of the molecule is CCCCn1c(CN(Cc2ccc3c(c2)OCO3)Cc2ccc(OC)cc2OC)cnc1-c1ccc(F)cc1. The second kappa shape index (κ2) is 12.2. The first-order chi connectivity index (χ1) is 19.1. The highest BCUT2D eigenvalue weighted by Gasteiger charge is 2.19. The molecule has 39 heavy (non-hydrogen) atoms. The number of nitrogens with zero attached hydrogens (tertiary/aromatic N) is 3. The Kier molecular flexibility index (Phi) is 8.32. The van der Waals surface area contributed by atoms with Gasteiger partial charge >= 0.3 is 0 Å². The van der Waals surface area contributed by atoms with Crippen LogP contribution in [-0.4, -0.2) is 35.5 Å². The molecule has 2 heterocycles. The van der Waals surface area contributed by atoms with Gasteiger partial charge in [0.15, 0.2) is 11.5 Å². The molecule has 0 spiro atoms. The Morgan fingerprint density at radius 2 is 1.74 bits per heavy atom. The number of hydrogen-bond donors (Lipinski definition) is 0. The number of halogens is 1. The number of aromatic nitrogens is 2. The molecule has 8 heteroatoms. The summed E-state index contributed by atoms with van der Waals surface area (Å²) in [4.78, 5) is 7.13. The minimum Gasteiger partial charge on any atom is -0.497 e. The Morgan fingerprint density at radius 3 is 2.51 bits per heavy atom. The number of rotatable bonds is 12. The zero-order valence-electron chi connectivity index (χ0n) is 22.7. The Bertz CT molecular complexity index is 1400. The fraction of sp³-hybridized carbons (Fsp3) is 0.323. The van der Waals surface area contributed by atoms with Gasteiger partial charge in [-0.1, -0.05) is 25.5 Å². The molecule has 0 saturated carbocycles. The van der Waals surface area contributed by atoms with Crippen molar-refractivity contribution in [2.45, 2.75) is 45.9 Å². The largest absolute Gasteiger partial charge is 0.497 e. The lowest BCUT2D eigenvalue weighted by atomic mass is 10.1. The number of ether oxygens (including phenoxy) is 4. The summed E-state index contributed by atoms with van der Waals surface area (Å²) in [7, 11) is 3.33. The third-order valence-electron chi connectivity index (χ3n) is 6.89. The molecule has 0 amide bonds. The molecular formula is C31H34FN3O4. The van der Waals surface area contributed by atoms with Crippen molar-refractivity contribution in [1.82, 2.24) is 14.5 Å². The molecule has 7 nitrogen and oxygen atoms in total. The van der Waals surface area contributed by atoms with Crippen LogP contribution < -0.4 is 18.9 Å². The number of fused-ring (bicyclic) bond motifs is 1. The molecule has 0 radical (unpaired) electrons. The summed E-state index contributed by atoms with van der Waals surface area (Å²) >= 11 is 0. The zero-order chi connectivity index (χ0) is 27.2. The van der Waals surface area contributed by atoms with E-state index in [0.717, 1.165) is 70.6 Å². The van der Waals surface area contributed by atoms with Crippen LogP contribution in [0, 0.1) is 5.82 Å². The predicted octanol–water partition coefficient (Wildman–Crippen LogP) is 6.44. The lowest BCUT2D eigenvalue weighted by molar-refractivity contribution is 0.174. The van der Waals surface area contributed by atoms with E-state index in [2.05, 4.69) is 22.5 Å². The number of unbranched alkanes of at least 4 members (excludes halogenated alkanes) is 1. The second-order valence-electron chi connectivity index (χ2n) is 9.60. The smallest absolute Gasteiger partial charge is 0.231 e. The van der Waals surface area contributed by atoms with E-state index in [0.29, 0.717) is 19.6 Å². The Hall–Kier alpha value is -4.04. The topological polar surface area (TPSA) is 58.0 Å². The van der Waals surface area contributed by atoms with Gasteiger partial charge in [-0.05, 0) is 54.4 Å². The van der Waals surface area contributed by atoms with E-state index in [-0.39, 0.29) is 12.6 Å².